The number of benzene rings is 1. The zero-order chi connectivity index (χ0) is 15.1. The summed E-state index contributed by atoms with van der Waals surface area (Å²) in [5.41, 5.74) is 1.26. The van der Waals surface area contributed by atoms with Gasteiger partial charge in [-0.1, -0.05) is 44.2 Å². The van der Waals surface area contributed by atoms with E-state index in [0.717, 1.165) is 25.2 Å². The second-order valence-electron chi connectivity index (χ2n) is 5.84. The van der Waals surface area contributed by atoms with Gasteiger partial charge in [0.05, 0.1) is 11.4 Å². The lowest BCUT2D eigenvalue weighted by molar-refractivity contribution is -0.121. The van der Waals surface area contributed by atoms with Gasteiger partial charge in [-0.05, 0) is 24.3 Å². The monoisotopic (exact) mass is 307 g/mol. The molecule has 0 spiro atoms. The van der Waals surface area contributed by atoms with Gasteiger partial charge in [-0.15, -0.1) is 11.8 Å². The third-order valence-corrected chi connectivity index (χ3v) is 5.28. The Hall–Kier alpha value is -1.00. The SMILES string of the molecule is CC(C)C(SCc1ccccc1)C(=O)NCC1CCCO1. The predicted molar refractivity (Wildman–Crippen MR) is 88.3 cm³/mol. The molecule has 116 valence electrons. The molecule has 1 N–H and O–H groups in total. The first-order valence-corrected chi connectivity index (χ1v) is 8.76. The third kappa shape index (κ3) is 5.36. The van der Waals surface area contributed by atoms with Gasteiger partial charge in [0.2, 0.25) is 5.91 Å². The highest BCUT2D eigenvalue weighted by atomic mass is 32.2. The zero-order valence-corrected chi connectivity index (χ0v) is 13.7. The molecule has 1 aliphatic heterocycles. The Morgan fingerprint density at radius 1 is 1.38 bits per heavy atom. The van der Waals surface area contributed by atoms with Crippen LogP contribution in [-0.2, 0) is 15.3 Å². The molecule has 0 bridgehead atoms. The van der Waals surface area contributed by atoms with Gasteiger partial charge in [0.15, 0.2) is 0 Å². The summed E-state index contributed by atoms with van der Waals surface area (Å²) in [4.78, 5) is 12.4. The molecule has 0 aromatic heterocycles. The van der Waals surface area contributed by atoms with Crippen molar-refractivity contribution in [3.8, 4) is 0 Å². The Morgan fingerprint density at radius 2 is 2.14 bits per heavy atom. The van der Waals surface area contributed by atoms with E-state index in [1.807, 2.05) is 18.2 Å². The molecule has 1 saturated heterocycles. The molecule has 0 aliphatic carbocycles. The van der Waals surface area contributed by atoms with Crippen LogP contribution in [0.15, 0.2) is 30.3 Å². The fourth-order valence-corrected chi connectivity index (χ4v) is 3.64. The van der Waals surface area contributed by atoms with Gasteiger partial charge in [-0.2, -0.15) is 0 Å². The lowest BCUT2D eigenvalue weighted by Gasteiger charge is -2.21. The van der Waals surface area contributed by atoms with Crippen LogP contribution in [0.25, 0.3) is 0 Å². The number of hydrogen-bond donors (Lipinski definition) is 1. The first kappa shape index (κ1) is 16.4. The van der Waals surface area contributed by atoms with Gasteiger partial charge in [0, 0.05) is 18.9 Å². The number of nitrogens with one attached hydrogen (secondary N) is 1. The highest BCUT2D eigenvalue weighted by molar-refractivity contribution is 7.99. The molecule has 0 radical (unpaired) electrons. The average molecular weight is 307 g/mol. The van der Waals surface area contributed by atoms with E-state index in [1.165, 1.54) is 5.56 Å². The molecular weight excluding hydrogens is 282 g/mol. The minimum atomic E-state index is -0.00777. The number of hydrogen-bond acceptors (Lipinski definition) is 3. The zero-order valence-electron chi connectivity index (χ0n) is 12.9. The van der Waals surface area contributed by atoms with Gasteiger partial charge >= 0.3 is 0 Å². The predicted octanol–water partition coefficient (Wildman–Crippen LogP) is 3.24. The number of rotatable bonds is 7. The van der Waals surface area contributed by atoms with Crippen LogP contribution in [0.4, 0.5) is 0 Å². The van der Waals surface area contributed by atoms with Crippen molar-refractivity contribution in [1.82, 2.24) is 5.32 Å². The molecule has 4 heteroatoms. The molecule has 0 saturated carbocycles. The van der Waals surface area contributed by atoms with E-state index in [0.29, 0.717) is 12.5 Å². The van der Waals surface area contributed by atoms with E-state index >= 15 is 0 Å². The number of amides is 1. The Balaban J connectivity index is 1.81. The van der Waals surface area contributed by atoms with Crippen LogP contribution >= 0.6 is 11.8 Å². The molecule has 1 amide bonds. The van der Waals surface area contributed by atoms with E-state index in [2.05, 4.69) is 31.3 Å². The molecule has 2 rings (SSSR count). The lowest BCUT2D eigenvalue weighted by Crippen LogP contribution is -2.39. The van der Waals surface area contributed by atoms with Crippen LogP contribution < -0.4 is 5.32 Å². The Morgan fingerprint density at radius 3 is 2.76 bits per heavy atom. The fraction of sp³-hybridized carbons (Fsp3) is 0.588. The van der Waals surface area contributed by atoms with Gasteiger partial charge in [-0.25, -0.2) is 0 Å². The first-order valence-electron chi connectivity index (χ1n) is 7.71. The Kier molecular flexibility index (Phi) is 6.58. The lowest BCUT2D eigenvalue weighted by atomic mass is 10.1. The minimum absolute atomic E-state index is 0.00777. The minimum Gasteiger partial charge on any atom is -0.376 e. The number of carbonyl (C=O) groups is 1. The normalized spacial score (nSPS) is 19.7. The van der Waals surface area contributed by atoms with Crippen molar-refractivity contribution in [2.75, 3.05) is 13.2 Å². The summed E-state index contributed by atoms with van der Waals surface area (Å²) >= 11 is 1.72. The molecule has 1 fully saturated rings. The average Bonchev–Trinajstić information content (AvgIpc) is 2.99. The summed E-state index contributed by atoms with van der Waals surface area (Å²) in [5.74, 6) is 1.33. The fourth-order valence-electron chi connectivity index (χ4n) is 2.45. The quantitative estimate of drug-likeness (QED) is 0.840. The summed E-state index contributed by atoms with van der Waals surface area (Å²) in [5, 5.41) is 3.05. The maximum atomic E-state index is 12.4. The summed E-state index contributed by atoms with van der Waals surface area (Å²) < 4.78 is 5.55. The van der Waals surface area contributed by atoms with Crippen LogP contribution in [0, 0.1) is 5.92 Å². The molecule has 1 aromatic carbocycles. The molecule has 21 heavy (non-hydrogen) atoms. The van der Waals surface area contributed by atoms with Gasteiger partial charge < -0.3 is 10.1 Å². The van der Waals surface area contributed by atoms with E-state index in [9.17, 15) is 4.79 Å². The number of ether oxygens (including phenoxy) is 1. The maximum absolute atomic E-state index is 12.4. The van der Waals surface area contributed by atoms with Crippen LogP contribution in [0.3, 0.4) is 0 Å². The third-order valence-electron chi connectivity index (χ3n) is 3.66. The van der Waals surface area contributed by atoms with Crippen LogP contribution in [-0.4, -0.2) is 30.4 Å². The van der Waals surface area contributed by atoms with Crippen molar-refractivity contribution in [2.24, 2.45) is 5.92 Å². The molecule has 3 nitrogen and oxygen atoms in total. The van der Waals surface area contributed by atoms with Crippen molar-refractivity contribution in [3.63, 3.8) is 0 Å². The highest BCUT2D eigenvalue weighted by Gasteiger charge is 2.24. The largest absolute Gasteiger partial charge is 0.376 e. The van der Waals surface area contributed by atoms with Gasteiger partial charge in [0.25, 0.3) is 0 Å². The molecular formula is C17H25NO2S. The van der Waals surface area contributed by atoms with Crippen LogP contribution in [0.5, 0.6) is 0 Å². The van der Waals surface area contributed by atoms with Crippen molar-refractivity contribution >= 4 is 17.7 Å². The molecule has 2 atom stereocenters. The molecule has 1 aromatic rings. The topological polar surface area (TPSA) is 38.3 Å². The maximum Gasteiger partial charge on any atom is 0.233 e. The molecule has 1 aliphatic rings. The van der Waals surface area contributed by atoms with Crippen molar-refractivity contribution < 1.29 is 9.53 Å². The summed E-state index contributed by atoms with van der Waals surface area (Å²) in [7, 11) is 0. The standard InChI is InChI=1S/C17H25NO2S/c1-13(2)16(21-12-14-7-4-3-5-8-14)17(19)18-11-15-9-6-10-20-15/h3-5,7-8,13,15-16H,6,9-12H2,1-2H3,(H,18,19). The first-order chi connectivity index (χ1) is 10.2. The van der Waals surface area contributed by atoms with E-state index in [1.54, 1.807) is 11.8 Å². The van der Waals surface area contributed by atoms with E-state index < -0.39 is 0 Å². The van der Waals surface area contributed by atoms with Gasteiger partial charge in [-0.3, -0.25) is 4.79 Å². The van der Waals surface area contributed by atoms with E-state index in [-0.39, 0.29) is 17.3 Å². The summed E-state index contributed by atoms with van der Waals surface area (Å²) in [6.45, 7) is 5.69. The Labute approximate surface area is 131 Å². The van der Waals surface area contributed by atoms with Crippen molar-refractivity contribution in [3.05, 3.63) is 35.9 Å². The van der Waals surface area contributed by atoms with Crippen LogP contribution in [0.2, 0.25) is 0 Å². The second kappa shape index (κ2) is 8.44. The molecule has 2 unspecified atom stereocenters. The number of carbonyl (C=O) groups excluding carboxylic acids is 1. The summed E-state index contributed by atoms with van der Waals surface area (Å²) in [6.07, 6.45) is 2.38. The van der Waals surface area contributed by atoms with Gasteiger partial charge in [0.1, 0.15) is 0 Å². The van der Waals surface area contributed by atoms with E-state index in [4.69, 9.17) is 4.74 Å². The highest BCUT2D eigenvalue weighted by Crippen LogP contribution is 2.24. The number of thioether (sulfide) groups is 1. The molecule has 1 heterocycles. The van der Waals surface area contributed by atoms with Crippen molar-refractivity contribution in [2.45, 2.75) is 43.8 Å². The van der Waals surface area contributed by atoms with Crippen molar-refractivity contribution in [1.29, 1.82) is 0 Å². The smallest absolute Gasteiger partial charge is 0.233 e. The van der Waals surface area contributed by atoms with Crippen LogP contribution in [0.1, 0.15) is 32.3 Å². The second-order valence-corrected chi connectivity index (χ2v) is 6.97. The Bertz CT molecular complexity index is 430. The summed E-state index contributed by atoms with van der Waals surface area (Å²) in [6, 6.07) is 10.3.